The molecule has 0 aliphatic heterocycles. The summed E-state index contributed by atoms with van der Waals surface area (Å²) in [5.74, 6) is 6.79. The topological polar surface area (TPSA) is 55.8 Å². The van der Waals surface area contributed by atoms with Crippen LogP contribution in [0.2, 0.25) is 0 Å². The smallest absolute Gasteiger partial charge is 0.338 e. The van der Waals surface area contributed by atoms with Crippen molar-refractivity contribution in [1.29, 1.82) is 0 Å². The van der Waals surface area contributed by atoms with E-state index in [-0.39, 0.29) is 6.61 Å². The molecule has 4 nitrogen and oxygen atoms in total. The third kappa shape index (κ3) is 4.94. The van der Waals surface area contributed by atoms with Gasteiger partial charge in [0.25, 0.3) is 0 Å². The molecule has 0 amide bonds. The minimum absolute atomic E-state index is 0.255. The van der Waals surface area contributed by atoms with E-state index in [4.69, 9.17) is 14.6 Å². The number of carbonyl (C=O) groups excluding carboxylic acids is 1. The lowest BCUT2D eigenvalue weighted by Gasteiger charge is -2.10. The summed E-state index contributed by atoms with van der Waals surface area (Å²) in [5.41, 5.74) is 1.59. The van der Waals surface area contributed by atoms with Crippen LogP contribution in [0.15, 0.2) is 24.3 Å². The standard InChI is InChI=1S/C18H22O4/c1-13(2)6-5-7-14-12-15(21-3)8-9-16(14)17(10-11-19)18(20)22-4/h8-10,12-13,19H,6,11H2,1-4H3/b17-10+. The highest BCUT2D eigenvalue weighted by Crippen LogP contribution is 2.24. The summed E-state index contributed by atoms with van der Waals surface area (Å²) in [6.07, 6.45) is 2.18. The highest BCUT2D eigenvalue weighted by Gasteiger charge is 2.15. The van der Waals surface area contributed by atoms with Gasteiger partial charge in [0.2, 0.25) is 0 Å². The number of hydrogen-bond donors (Lipinski definition) is 1. The number of rotatable bonds is 5. The predicted octanol–water partition coefficient (Wildman–Crippen LogP) is 2.64. The van der Waals surface area contributed by atoms with E-state index in [1.165, 1.54) is 13.2 Å². The van der Waals surface area contributed by atoms with Crippen LogP contribution in [0.4, 0.5) is 0 Å². The second kappa shape index (κ2) is 8.91. The highest BCUT2D eigenvalue weighted by atomic mass is 16.5. The molecule has 1 aromatic carbocycles. The number of ether oxygens (including phenoxy) is 2. The summed E-state index contributed by atoms with van der Waals surface area (Å²) in [5, 5.41) is 9.14. The molecular formula is C18H22O4. The van der Waals surface area contributed by atoms with Gasteiger partial charge in [0.1, 0.15) is 5.75 Å². The van der Waals surface area contributed by atoms with Gasteiger partial charge in [0.15, 0.2) is 0 Å². The summed E-state index contributed by atoms with van der Waals surface area (Å²) in [7, 11) is 2.88. The van der Waals surface area contributed by atoms with Gasteiger partial charge in [0, 0.05) is 17.5 Å². The number of aliphatic hydroxyl groups excluding tert-OH is 1. The maximum atomic E-state index is 11.9. The molecule has 0 spiro atoms. The van der Waals surface area contributed by atoms with Crippen LogP contribution in [0.3, 0.4) is 0 Å². The van der Waals surface area contributed by atoms with E-state index in [9.17, 15) is 4.79 Å². The van der Waals surface area contributed by atoms with Crippen LogP contribution < -0.4 is 4.74 Å². The van der Waals surface area contributed by atoms with E-state index in [2.05, 4.69) is 25.7 Å². The minimum atomic E-state index is -0.508. The molecule has 0 bridgehead atoms. The third-order valence-electron chi connectivity index (χ3n) is 2.95. The molecule has 0 saturated carbocycles. The van der Waals surface area contributed by atoms with Crippen LogP contribution in [-0.4, -0.2) is 31.9 Å². The first-order valence-electron chi connectivity index (χ1n) is 7.10. The van der Waals surface area contributed by atoms with Crippen molar-refractivity contribution in [1.82, 2.24) is 0 Å². The maximum absolute atomic E-state index is 11.9. The molecule has 1 aromatic rings. The molecule has 0 saturated heterocycles. The fraction of sp³-hybridized carbons (Fsp3) is 0.389. The Morgan fingerprint density at radius 1 is 1.36 bits per heavy atom. The molecule has 0 aliphatic rings. The molecule has 0 aromatic heterocycles. The zero-order chi connectivity index (χ0) is 16.5. The lowest BCUT2D eigenvalue weighted by molar-refractivity contribution is -0.133. The molecule has 0 aliphatic carbocycles. The molecular weight excluding hydrogens is 280 g/mol. The average molecular weight is 302 g/mol. The molecule has 0 fully saturated rings. The summed E-state index contributed by atoms with van der Waals surface area (Å²) in [6.45, 7) is 3.93. The Morgan fingerprint density at radius 2 is 2.09 bits per heavy atom. The Bertz CT molecular complexity index is 603. The van der Waals surface area contributed by atoms with Crippen molar-refractivity contribution >= 4 is 11.5 Å². The van der Waals surface area contributed by atoms with Gasteiger partial charge in [-0.05, 0) is 30.2 Å². The Kier molecular flexibility index (Phi) is 7.21. The Morgan fingerprint density at radius 3 is 2.64 bits per heavy atom. The van der Waals surface area contributed by atoms with Crippen molar-refractivity contribution in [2.75, 3.05) is 20.8 Å². The van der Waals surface area contributed by atoms with Gasteiger partial charge in [-0.25, -0.2) is 4.79 Å². The lowest BCUT2D eigenvalue weighted by atomic mass is 9.98. The third-order valence-corrected chi connectivity index (χ3v) is 2.95. The first-order chi connectivity index (χ1) is 10.5. The number of esters is 1. The normalized spacial score (nSPS) is 10.9. The first kappa shape index (κ1) is 17.8. The molecule has 4 heteroatoms. The van der Waals surface area contributed by atoms with E-state index in [0.29, 0.717) is 28.4 Å². The number of benzene rings is 1. The second-order valence-corrected chi connectivity index (χ2v) is 5.10. The van der Waals surface area contributed by atoms with E-state index >= 15 is 0 Å². The van der Waals surface area contributed by atoms with Gasteiger partial charge in [-0.15, -0.1) is 0 Å². The quantitative estimate of drug-likeness (QED) is 0.516. The Labute approximate surface area is 131 Å². The first-order valence-corrected chi connectivity index (χ1v) is 7.10. The van der Waals surface area contributed by atoms with Crippen molar-refractivity contribution in [2.24, 2.45) is 5.92 Å². The molecule has 118 valence electrons. The predicted molar refractivity (Wildman–Crippen MR) is 86.4 cm³/mol. The van der Waals surface area contributed by atoms with Crippen molar-refractivity contribution in [3.8, 4) is 17.6 Å². The van der Waals surface area contributed by atoms with Crippen LogP contribution in [0.1, 0.15) is 31.4 Å². The van der Waals surface area contributed by atoms with Crippen molar-refractivity contribution in [3.05, 3.63) is 35.4 Å². The summed E-state index contributed by atoms with van der Waals surface area (Å²) in [4.78, 5) is 11.9. The molecule has 0 radical (unpaired) electrons. The molecule has 1 N–H and O–H groups in total. The number of methoxy groups -OCH3 is 2. The maximum Gasteiger partial charge on any atom is 0.338 e. The number of hydrogen-bond acceptors (Lipinski definition) is 4. The lowest BCUT2D eigenvalue weighted by Crippen LogP contribution is -2.06. The Hall–Kier alpha value is -2.25. The summed E-state index contributed by atoms with van der Waals surface area (Å²) in [6, 6.07) is 5.27. The van der Waals surface area contributed by atoms with Gasteiger partial charge < -0.3 is 14.6 Å². The van der Waals surface area contributed by atoms with E-state index in [1.807, 2.05) is 0 Å². The number of aliphatic hydroxyl groups is 1. The van der Waals surface area contributed by atoms with Crippen LogP contribution in [0, 0.1) is 17.8 Å². The molecule has 1 rings (SSSR count). The minimum Gasteiger partial charge on any atom is -0.497 e. The zero-order valence-electron chi connectivity index (χ0n) is 13.5. The summed E-state index contributed by atoms with van der Waals surface area (Å²) < 4.78 is 9.99. The zero-order valence-corrected chi connectivity index (χ0v) is 13.5. The highest BCUT2D eigenvalue weighted by molar-refractivity contribution is 6.17. The average Bonchev–Trinajstić information content (AvgIpc) is 2.51. The van der Waals surface area contributed by atoms with Gasteiger partial charge in [-0.3, -0.25) is 0 Å². The van der Waals surface area contributed by atoms with Crippen LogP contribution in [0.25, 0.3) is 5.57 Å². The van der Waals surface area contributed by atoms with Crippen molar-refractivity contribution < 1.29 is 19.4 Å². The largest absolute Gasteiger partial charge is 0.497 e. The van der Waals surface area contributed by atoms with Crippen LogP contribution in [-0.2, 0) is 9.53 Å². The molecule has 22 heavy (non-hydrogen) atoms. The molecule has 0 unspecified atom stereocenters. The van der Waals surface area contributed by atoms with Gasteiger partial charge in [-0.2, -0.15) is 0 Å². The van der Waals surface area contributed by atoms with Gasteiger partial charge in [-0.1, -0.05) is 25.7 Å². The van der Waals surface area contributed by atoms with Crippen molar-refractivity contribution in [3.63, 3.8) is 0 Å². The van der Waals surface area contributed by atoms with Gasteiger partial charge >= 0.3 is 5.97 Å². The van der Waals surface area contributed by atoms with E-state index in [1.54, 1.807) is 25.3 Å². The van der Waals surface area contributed by atoms with Gasteiger partial charge in [0.05, 0.1) is 26.4 Å². The molecule has 0 atom stereocenters. The van der Waals surface area contributed by atoms with Crippen molar-refractivity contribution in [2.45, 2.75) is 20.3 Å². The van der Waals surface area contributed by atoms with Crippen LogP contribution in [0.5, 0.6) is 5.75 Å². The van der Waals surface area contributed by atoms with E-state index < -0.39 is 5.97 Å². The van der Waals surface area contributed by atoms with E-state index in [0.717, 1.165) is 6.42 Å². The monoisotopic (exact) mass is 302 g/mol. The Balaban J connectivity index is 3.34. The second-order valence-electron chi connectivity index (χ2n) is 5.10. The fourth-order valence-electron chi connectivity index (χ4n) is 1.84. The summed E-state index contributed by atoms with van der Waals surface area (Å²) >= 11 is 0. The molecule has 0 heterocycles. The number of carbonyl (C=O) groups is 1. The fourth-order valence-corrected chi connectivity index (χ4v) is 1.84. The SMILES string of the molecule is COC(=O)/C(=C/CO)c1ccc(OC)cc1C#CCC(C)C. The van der Waals surface area contributed by atoms with Crippen LogP contribution >= 0.6 is 0 Å².